The third kappa shape index (κ3) is 1.98. The maximum atomic E-state index is 3.86. The molecule has 9 heavy (non-hydrogen) atoms. The Morgan fingerprint density at radius 3 is 2.89 bits per heavy atom. The van der Waals surface area contributed by atoms with Gasteiger partial charge in [0.2, 0.25) is 0 Å². The first-order chi connectivity index (χ1) is 4.33. The Kier molecular flexibility index (Phi) is 2.52. The molecule has 0 aromatic carbocycles. The van der Waals surface area contributed by atoms with E-state index in [0.29, 0.717) is 0 Å². The fourth-order valence-electron chi connectivity index (χ4n) is 1.55. The molecule has 1 unspecified atom stereocenters. The zero-order valence-corrected chi connectivity index (χ0v) is 6.27. The maximum Gasteiger partial charge on any atom is 0.000708 e. The van der Waals surface area contributed by atoms with Crippen molar-refractivity contribution in [1.82, 2.24) is 4.90 Å². The standard InChI is InChI=1S/C8H16N/c1-3-4-8-5-6-9(2)7-8/h8H,1,3-7H2,2H3. The molecule has 0 aliphatic carbocycles. The molecule has 1 atom stereocenters. The van der Waals surface area contributed by atoms with Crippen molar-refractivity contribution >= 4 is 0 Å². The van der Waals surface area contributed by atoms with Crippen LogP contribution >= 0.6 is 0 Å². The molecule has 0 saturated carbocycles. The molecule has 1 rings (SSSR count). The first kappa shape index (κ1) is 7.07. The van der Waals surface area contributed by atoms with Gasteiger partial charge in [0.05, 0.1) is 0 Å². The average Bonchev–Trinajstić information content (AvgIpc) is 2.17. The number of nitrogens with zero attached hydrogens (tertiary/aromatic N) is 1. The van der Waals surface area contributed by atoms with Crippen LogP contribution in [0.5, 0.6) is 0 Å². The van der Waals surface area contributed by atoms with Crippen LogP contribution in [0.25, 0.3) is 0 Å². The van der Waals surface area contributed by atoms with Crippen LogP contribution < -0.4 is 0 Å². The fourth-order valence-corrected chi connectivity index (χ4v) is 1.55. The topological polar surface area (TPSA) is 3.24 Å². The quantitative estimate of drug-likeness (QED) is 0.542. The molecule has 1 heterocycles. The predicted octanol–water partition coefficient (Wildman–Crippen LogP) is 1.55. The SMILES string of the molecule is [CH2]CCC1CCN(C)C1. The summed E-state index contributed by atoms with van der Waals surface area (Å²) in [5.74, 6) is 0.951. The Morgan fingerprint density at radius 2 is 2.44 bits per heavy atom. The number of hydrogen-bond acceptors (Lipinski definition) is 1. The van der Waals surface area contributed by atoms with E-state index in [1.54, 1.807) is 0 Å². The van der Waals surface area contributed by atoms with Crippen LogP contribution in [-0.2, 0) is 0 Å². The summed E-state index contributed by atoms with van der Waals surface area (Å²) >= 11 is 0. The summed E-state index contributed by atoms with van der Waals surface area (Å²) in [5.41, 5.74) is 0. The van der Waals surface area contributed by atoms with E-state index >= 15 is 0 Å². The zero-order chi connectivity index (χ0) is 6.69. The molecule has 1 saturated heterocycles. The van der Waals surface area contributed by atoms with E-state index in [1.165, 1.54) is 25.9 Å². The molecular weight excluding hydrogens is 110 g/mol. The smallest absolute Gasteiger partial charge is 0.000708 e. The molecule has 1 aliphatic heterocycles. The third-order valence-electron chi connectivity index (χ3n) is 2.10. The molecule has 1 radical (unpaired) electrons. The Hall–Kier alpha value is -0.0400. The molecule has 1 aliphatic rings. The lowest BCUT2D eigenvalue weighted by Crippen LogP contribution is -2.13. The monoisotopic (exact) mass is 126 g/mol. The van der Waals surface area contributed by atoms with Gasteiger partial charge in [0.1, 0.15) is 0 Å². The van der Waals surface area contributed by atoms with Crippen LogP contribution in [-0.4, -0.2) is 25.0 Å². The van der Waals surface area contributed by atoms with Gasteiger partial charge >= 0.3 is 0 Å². The number of likely N-dealkylation sites (tertiary alicyclic amines) is 1. The van der Waals surface area contributed by atoms with Gasteiger partial charge in [-0.25, -0.2) is 0 Å². The minimum Gasteiger partial charge on any atom is -0.306 e. The van der Waals surface area contributed by atoms with Gasteiger partial charge in [0.25, 0.3) is 0 Å². The van der Waals surface area contributed by atoms with Crippen molar-refractivity contribution in [1.29, 1.82) is 0 Å². The molecule has 1 fully saturated rings. The molecule has 0 N–H and O–H groups in total. The van der Waals surface area contributed by atoms with Crippen LogP contribution in [0.1, 0.15) is 19.3 Å². The second-order valence-electron chi connectivity index (χ2n) is 3.06. The lowest BCUT2D eigenvalue weighted by atomic mass is 10.0. The van der Waals surface area contributed by atoms with Gasteiger partial charge in [-0.05, 0) is 32.4 Å². The van der Waals surface area contributed by atoms with Gasteiger partial charge in [-0.15, -0.1) is 0 Å². The minimum atomic E-state index is 0.951. The Labute approximate surface area is 58.0 Å². The molecule has 0 bridgehead atoms. The average molecular weight is 126 g/mol. The summed E-state index contributed by atoms with van der Waals surface area (Å²) in [6.45, 7) is 6.45. The largest absolute Gasteiger partial charge is 0.306 e. The Balaban J connectivity index is 2.14. The van der Waals surface area contributed by atoms with Crippen molar-refractivity contribution in [3.8, 4) is 0 Å². The fraction of sp³-hybridized carbons (Fsp3) is 0.875. The van der Waals surface area contributed by atoms with Gasteiger partial charge in [-0.3, -0.25) is 0 Å². The van der Waals surface area contributed by atoms with E-state index in [1.807, 2.05) is 0 Å². The lowest BCUT2D eigenvalue weighted by Gasteiger charge is -2.07. The summed E-state index contributed by atoms with van der Waals surface area (Å²) in [6, 6.07) is 0. The van der Waals surface area contributed by atoms with E-state index in [4.69, 9.17) is 0 Å². The molecule has 0 aromatic rings. The summed E-state index contributed by atoms with van der Waals surface area (Å²) in [4.78, 5) is 2.40. The van der Waals surface area contributed by atoms with E-state index in [-0.39, 0.29) is 0 Å². The van der Waals surface area contributed by atoms with Crippen LogP contribution in [0.3, 0.4) is 0 Å². The summed E-state index contributed by atoms with van der Waals surface area (Å²) < 4.78 is 0. The molecule has 0 spiro atoms. The normalized spacial score (nSPS) is 29.3. The molecule has 0 aromatic heterocycles. The van der Waals surface area contributed by atoms with Gasteiger partial charge in [-0.2, -0.15) is 0 Å². The highest BCUT2D eigenvalue weighted by atomic mass is 15.1. The van der Waals surface area contributed by atoms with Gasteiger partial charge in [-0.1, -0.05) is 13.3 Å². The molecule has 1 heteroatoms. The molecule has 1 nitrogen and oxygen atoms in total. The minimum absolute atomic E-state index is 0.951. The molecule has 0 amide bonds. The lowest BCUT2D eigenvalue weighted by molar-refractivity contribution is 0.389. The van der Waals surface area contributed by atoms with E-state index in [0.717, 1.165) is 12.3 Å². The second-order valence-corrected chi connectivity index (χ2v) is 3.06. The molecule has 53 valence electrons. The van der Waals surface area contributed by atoms with Crippen molar-refractivity contribution in [3.63, 3.8) is 0 Å². The molecular formula is C8H16N. The first-order valence-electron chi connectivity index (χ1n) is 3.80. The summed E-state index contributed by atoms with van der Waals surface area (Å²) in [5, 5.41) is 0. The van der Waals surface area contributed by atoms with Crippen LogP contribution in [0.2, 0.25) is 0 Å². The van der Waals surface area contributed by atoms with Crippen LogP contribution in [0, 0.1) is 12.8 Å². The highest BCUT2D eigenvalue weighted by Crippen LogP contribution is 2.18. The van der Waals surface area contributed by atoms with E-state index < -0.39 is 0 Å². The Bertz CT molecular complexity index is 78.6. The van der Waals surface area contributed by atoms with E-state index in [9.17, 15) is 0 Å². The van der Waals surface area contributed by atoms with Crippen molar-refractivity contribution in [3.05, 3.63) is 6.92 Å². The maximum absolute atomic E-state index is 3.86. The van der Waals surface area contributed by atoms with Gasteiger partial charge in [0.15, 0.2) is 0 Å². The van der Waals surface area contributed by atoms with Crippen LogP contribution in [0.15, 0.2) is 0 Å². The first-order valence-corrected chi connectivity index (χ1v) is 3.80. The van der Waals surface area contributed by atoms with Crippen LogP contribution in [0.4, 0.5) is 0 Å². The predicted molar refractivity (Wildman–Crippen MR) is 40.2 cm³/mol. The zero-order valence-electron chi connectivity index (χ0n) is 6.27. The second kappa shape index (κ2) is 3.21. The van der Waals surface area contributed by atoms with Crippen molar-refractivity contribution in [2.75, 3.05) is 20.1 Å². The summed E-state index contributed by atoms with van der Waals surface area (Å²) in [6.07, 6.45) is 3.83. The van der Waals surface area contributed by atoms with Gasteiger partial charge < -0.3 is 4.90 Å². The van der Waals surface area contributed by atoms with Gasteiger partial charge in [0, 0.05) is 6.54 Å². The highest BCUT2D eigenvalue weighted by Gasteiger charge is 2.17. The summed E-state index contributed by atoms with van der Waals surface area (Å²) in [7, 11) is 2.20. The van der Waals surface area contributed by atoms with E-state index in [2.05, 4.69) is 18.9 Å². The number of hydrogen-bond donors (Lipinski definition) is 0. The number of rotatable bonds is 2. The third-order valence-corrected chi connectivity index (χ3v) is 2.10. The van der Waals surface area contributed by atoms with Crippen molar-refractivity contribution < 1.29 is 0 Å². The van der Waals surface area contributed by atoms with Crippen molar-refractivity contribution in [2.45, 2.75) is 19.3 Å². The highest BCUT2D eigenvalue weighted by molar-refractivity contribution is 4.72. The Morgan fingerprint density at radius 1 is 1.67 bits per heavy atom. The van der Waals surface area contributed by atoms with Crippen molar-refractivity contribution in [2.24, 2.45) is 5.92 Å².